The van der Waals surface area contributed by atoms with Crippen molar-refractivity contribution >= 4 is 40.4 Å². The van der Waals surface area contributed by atoms with Crippen LogP contribution in [-0.4, -0.2) is 26.5 Å². The fourth-order valence-corrected chi connectivity index (χ4v) is 2.57. The number of rotatable bonds is 5. The highest BCUT2D eigenvalue weighted by molar-refractivity contribution is 7.98. The first-order chi connectivity index (χ1) is 10.2. The van der Waals surface area contributed by atoms with Crippen molar-refractivity contribution in [3.05, 3.63) is 29.5 Å². The summed E-state index contributed by atoms with van der Waals surface area (Å²) in [4.78, 5) is 16.7. The maximum absolute atomic E-state index is 5.91. The molecule has 1 aromatic carbocycles. The molecule has 3 aromatic rings. The highest BCUT2D eigenvalue weighted by atomic mass is 35.5. The van der Waals surface area contributed by atoms with Crippen molar-refractivity contribution in [3.63, 3.8) is 0 Å². The molecule has 1 N–H and O–H groups in total. The van der Waals surface area contributed by atoms with Gasteiger partial charge in [0.1, 0.15) is 5.52 Å². The van der Waals surface area contributed by atoms with E-state index >= 15 is 0 Å². The van der Waals surface area contributed by atoms with Gasteiger partial charge in [-0.2, -0.15) is 15.0 Å². The van der Waals surface area contributed by atoms with Gasteiger partial charge in [0, 0.05) is 18.3 Å². The highest BCUT2D eigenvalue weighted by Crippen LogP contribution is 2.28. The smallest absolute Gasteiger partial charge is 0.264 e. The molecule has 0 saturated heterocycles. The van der Waals surface area contributed by atoms with Gasteiger partial charge in [-0.1, -0.05) is 19.1 Å². The number of hydrogen-bond donors (Lipinski definition) is 1. The molecule has 0 unspecified atom stereocenters. The molecule has 0 radical (unpaired) electrons. The van der Waals surface area contributed by atoms with Crippen LogP contribution in [0.25, 0.3) is 11.1 Å². The minimum absolute atomic E-state index is 0.141. The Morgan fingerprint density at radius 3 is 2.86 bits per heavy atom. The highest BCUT2D eigenvalue weighted by Gasteiger charge is 2.11. The molecule has 0 spiro atoms. The van der Waals surface area contributed by atoms with E-state index in [9.17, 15) is 0 Å². The predicted octanol–water partition coefficient (Wildman–Crippen LogP) is 3.64. The summed E-state index contributed by atoms with van der Waals surface area (Å²) in [5.41, 5.74) is 1.52. The molecule has 0 aliphatic rings. The lowest BCUT2D eigenvalue weighted by Gasteiger charge is -2.03. The average Bonchev–Trinajstić information content (AvgIpc) is 2.86. The number of aromatic nitrogens is 4. The summed E-state index contributed by atoms with van der Waals surface area (Å²) in [6.45, 7) is 2.83. The molecule has 2 aromatic heterocycles. The van der Waals surface area contributed by atoms with E-state index in [0.717, 1.165) is 24.1 Å². The Balaban J connectivity index is 1.84. The summed E-state index contributed by atoms with van der Waals surface area (Å²) >= 11 is 7.12. The Labute approximate surface area is 130 Å². The van der Waals surface area contributed by atoms with Crippen molar-refractivity contribution in [1.29, 1.82) is 0 Å². The molecule has 0 fully saturated rings. The van der Waals surface area contributed by atoms with Crippen LogP contribution in [0.5, 0.6) is 0 Å². The molecular formula is C13H12ClN5OS. The Morgan fingerprint density at radius 1 is 1.19 bits per heavy atom. The molecule has 6 nitrogen and oxygen atoms in total. The maximum atomic E-state index is 5.91. The third-order valence-corrected chi connectivity index (χ3v) is 3.46. The standard InChI is InChI=1S/C13H12ClN5OS/c1-2-7-15-11-17-10(14)18-12(19-11)21-13-16-8-5-3-4-6-9(8)20-13/h3-6H,2,7H2,1H3,(H,15,17,18,19). The number of anilines is 1. The maximum Gasteiger partial charge on any atom is 0.264 e. The monoisotopic (exact) mass is 321 g/mol. The zero-order valence-corrected chi connectivity index (χ0v) is 12.8. The van der Waals surface area contributed by atoms with Crippen LogP contribution in [0.3, 0.4) is 0 Å². The Morgan fingerprint density at radius 2 is 2.05 bits per heavy atom. The number of hydrogen-bond acceptors (Lipinski definition) is 7. The molecule has 3 rings (SSSR count). The molecule has 0 bridgehead atoms. The summed E-state index contributed by atoms with van der Waals surface area (Å²) in [7, 11) is 0. The molecular weight excluding hydrogens is 310 g/mol. The lowest BCUT2D eigenvalue weighted by Crippen LogP contribution is -2.06. The Bertz CT molecular complexity index is 730. The van der Waals surface area contributed by atoms with Gasteiger partial charge in [-0.05, 0) is 30.2 Å². The summed E-state index contributed by atoms with van der Waals surface area (Å²) in [6.07, 6.45) is 0.969. The van der Waals surface area contributed by atoms with Crippen LogP contribution in [0.2, 0.25) is 5.28 Å². The van der Waals surface area contributed by atoms with E-state index < -0.39 is 0 Å². The Hall–Kier alpha value is -1.86. The van der Waals surface area contributed by atoms with Gasteiger partial charge in [-0.3, -0.25) is 0 Å². The van der Waals surface area contributed by atoms with E-state index in [-0.39, 0.29) is 5.28 Å². The van der Waals surface area contributed by atoms with E-state index in [1.165, 1.54) is 11.8 Å². The van der Waals surface area contributed by atoms with E-state index in [0.29, 0.717) is 16.3 Å². The summed E-state index contributed by atoms with van der Waals surface area (Å²) < 4.78 is 5.62. The normalized spacial score (nSPS) is 11.0. The number of fused-ring (bicyclic) bond motifs is 1. The van der Waals surface area contributed by atoms with Crippen LogP contribution in [0.15, 0.2) is 39.1 Å². The van der Waals surface area contributed by atoms with Gasteiger partial charge in [0.2, 0.25) is 16.4 Å². The zero-order chi connectivity index (χ0) is 14.7. The molecule has 21 heavy (non-hydrogen) atoms. The van der Waals surface area contributed by atoms with Crippen molar-refractivity contribution in [3.8, 4) is 0 Å². The first-order valence-corrected chi connectivity index (χ1v) is 7.63. The molecule has 0 aliphatic heterocycles. The molecule has 8 heteroatoms. The number of halogens is 1. The fraction of sp³-hybridized carbons (Fsp3) is 0.231. The quantitative estimate of drug-likeness (QED) is 0.768. The second kappa shape index (κ2) is 6.28. The second-order valence-electron chi connectivity index (χ2n) is 4.19. The van der Waals surface area contributed by atoms with Crippen LogP contribution in [0.4, 0.5) is 5.95 Å². The van der Waals surface area contributed by atoms with Crippen molar-refractivity contribution in [2.24, 2.45) is 0 Å². The summed E-state index contributed by atoms with van der Waals surface area (Å²) in [5.74, 6) is 0.454. The summed E-state index contributed by atoms with van der Waals surface area (Å²) in [5, 5.41) is 4.13. The number of nitrogens with zero attached hydrogens (tertiary/aromatic N) is 4. The molecule has 108 valence electrons. The first-order valence-electron chi connectivity index (χ1n) is 6.43. The van der Waals surface area contributed by atoms with Crippen molar-refractivity contribution in [2.45, 2.75) is 23.7 Å². The van der Waals surface area contributed by atoms with Crippen LogP contribution >= 0.6 is 23.4 Å². The largest absolute Gasteiger partial charge is 0.431 e. The van der Waals surface area contributed by atoms with Gasteiger partial charge >= 0.3 is 0 Å². The van der Waals surface area contributed by atoms with Gasteiger partial charge < -0.3 is 9.73 Å². The van der Waals surface area contributed by atoms with Gasteiger partial charge in [0.15, 0.2) is 5.58 Å². The fourth-order valence-electron chi connectivity index (χ4n) is 1.67. The van der Waals surface area contributed by atoms with Crippen LogP contribution in [-0.2, 0) is 0 Å². The molecule has 2 heterocycles. The van der Waals surface area contributed by atoms with Crippen molar-refractivity contribution in [2.75, 3.05) is 11.9 Å². The molecule has 0 amide bonds. The van der Waals surface area contributed by atoms with Gasteiger partial charge in [0.05, 0.1) is 0 Å². The molecule has 0 saturated carbocycles. The van der Waals surface area contributed by atoms with Gasteiger partial charge in [0.25, 0.3) is 5.22 Å². The molecule has 0 atom stereocenters. The second-order valence-corrected chi connectivity index (χ2v) is 5.44. The van der Waals surface area contributed by atoms with E-state index in [4.69, 9.17) is 16.0 Å². The zero-order valence-electron chi connectivity index (χ0n) is 11.2. The van der Waals surface area contributed by atoms with Crippen LogP contribution in [0.1, 0.15) is 13.3 Å². The number of oxazole rings is 1. The van der Waals surface area contributed by atoms with Gasteiger partial charge in [-0.25, -0.2) is 4.98 Å². The number of nitrogens with one attached hydrogen (secondary N) is 1. The minimum Gasteiger partial charge on any atom is -0.431 e. The topological polar surface area (TPSA) is 76.7 Å². The van der Waals surface area contributed by atoms with E-state index in [1.54, 1.807) is 0 Å². The lowest BCUT2D eigenvalue weighted by molar-refractivity contribution is 0.488. The third-order valence-electron chi connectivity index (χ3n) is 2.57. The van der Waals surface area contributed by atoms with Gasteiger partial charge in [-0.15, -0.1) is 0 Å². The molecule has 0 aliphatic carbocycles. The van der Waals surface area contributed by atoms with Crippen LogP contribution in [0, 0.1) is 0 Å². The Kier molecular flexibility index (Phi) is 4.21. The van der Waals surface area contributed by atoms with Crippen molar-refractivity contribution < 1.29 is 4.42 Å². The average molecular weight is 322 g/mol. The van der Waals surface area contributed by atoms with Crippen molar-refractivity contribution in [1.82, 2.24) is 19.9 Å². The number of benzene rings is 1. The third kappa shape index (κ3) is 3.43. The first kappa shape index (κ1) is 14.1. The van der Waals surface area contributed by atoms with Crippen LogP contribution < -0.4 is 5.32 Å². The summed E-state index contributed by atoms with van der Waals surface area (Å²) in [6, 6.07) is 7.55. The predicted molar refractivity (Wildman–Crippen MR) is 81.7 cm³/mol. The number of para-hydroxylation sites is 2. The lowest BCUT2D eigenvalue weighted by atomic mass is 10.3. The SMILES string of the molecule is CCCNc1nc(Cl)nc(Sc2nc3ccccc3o2)n1. The van der Waals surface area contributed by atoms with E-state index in [2.05, 4.69) is 32.2 Å². The van der Waals surface area contributed by atoms with E-state index in [1.807, 2.05) is 24.3 Å². The minimum atomic E-state index is 0.141.